The van der Waals surface area contributed by atoms with Crippen LogP contribution in [0.4, 0.5) is 0 Å². The van der Waals surface area contributed by atoms with E-state index < -0.39 is 15.9 Å². The first-order valence-corrected chi connectivity index (χ1v) is 5.24. The van der Waals surface area contributed by atoms with Gasteiger partial charge in [0.15, 0.2) is 0 Å². The van der Waals surface area contributed by atoms with E-state index in [2.05, 4.69) is 5.16 Å². The first-order valence-electron chi connectivity index (χ1n) is 3.75. The molecule has 74 valence electrons. The van der Waals surface area contributed by atoms with Crippen LogP contribution < -0.4 is 4.72 Å². The van der Waals surface area contributed by atoms with Crippen molar-refractivity contribution in [2.75, 3.05) is 0 Å². The van der Waals surface area contributed by atoms with E-state index in [0.29, 0.717) is 0 Å². The minimum Gasteiger partial charge on any atom is -0.411 e. The molecule has 0 unspecified atom stereocenters. The van der Waals surface area contributed by atoms with Crippen molar-refractivity contribution in [2.45, 2.75) is 6.42 Å². The highest BCUT2D eigenvalue weighted by Gasteiger charge is 2.38. The van der Waals surface area contributed by atoms with Crippen LogP contribution in [0.1, 0.15) is 6.42 Å². The molecular formula is C7H6N2O4S. The fourth-order valence-corrected chi connectivity index (χ4v) is 2.75. The van der Waals surface area contributed by atoms with Gasteiger partial charge in [-0.05, 0) is 0 Å². The SMILES string of the molecule is O=C1NS(=O)(=O)C2=C1C=CCC2=NO. The minimum absolute atomic E-state index is 0.0131. The molecule has 0 fully saturated rings. The highest BCUT2D eigenvalue weighted by molar-refractivity contribution is 7.95. The number of carbonyl (C=O) groups excluding carboxylic acids is 1. The zero-order valence-corrected chi connectivity index (χ0v) is 7.71. The molecule has 0 bridgehead atoms. The summed E-state index contributed by atoms with van der Waals surface area (Å²) in [5.74, 6) is -0.683. The van der Waals surface area contributed by atoms with E-state index >= 15 is 0 Å². The summed E-state index contributed by atoms with van der Waals surface area (Å²) >= 11 is 0. The molecule has 6 nitrogen and oxygen atoms in total. The minimum atomic E-state index is -3.82. The summed E-state index contributed by atoms with van der Waals surface area (Å²) in [6, 6.07) is 0. The van der Waals surface area contributed by atoms with Crippen molar-refractivity contribution in [3.05, 3.63) is 22.6 Å². The second-order valence-corrected chi connectivity index (χ2v) is 4.45. The van der Waals surface area contributed by atoms with Gasteiger partial charge in [-0.1, -0.05) is 17.3 Å². The molecule has 0 aromatic carbocycles. The van der Waals surface area contributed by atoms with Crippen LogP contribution in [0.2, 0.25) is 0 Å². The van der Waals surface area contributed by atoms with E-state index in [-0.39, 0.29) is 22.6 Å². The van der Waals surface area contributed by atoms with Gasteiger partial charge in [0.25, 0.3) is 15.9 Å². The summed E-state index contributed by atoms with van der Waals surface area (Å²) < 4.78 is 24.5. The van der Waals surface area contributed by atoms with Crippen LogP contribution in [0.15, 0.2) is 27.8 Å². The predicted octanol–water partition coefficient (Wildman–Crippen LogP) is -0.510. The maximum absolute atomic E-state index is 11.4. The average Bonchev–Trinajstić information content (AvgIpc) is 2.38. The molecule has 0 saturated heterocycles. The Morgan fingerprint density at radius 2 is 2.21 bits per heavy atom. The maximum Gasteiger partial charge on any atom is 0.267 e. The summed E-state index contributed by atoms with van der Waals surface area (Å²) in [6.07, 6.45) is 3.17. The van der Waals surface area contributed by atoms with E-state index in [4.69, 9.17) is 5.21 Å². The lowest BCUT2D eigenvalue weighted by molar-refractivity contribution is -0.115. The van der Waals surface area contributed by atoms with Crippen molar-refractivity contribution in [1.29, 1.82) is 0 Å². The third kappa shape index (κ3) is 1.06. The van der Waals surface area contributed by atoms with Crippen molar-refractivity contribution < 1.29 is 18.4 Å². The summed E-state index contributed by atoms with van der Waals surface area (Å²) in [7, 11) is -3.82. The Kier molecular flexibility index (Phi) is 1.71. The van der Waals surface area contributed by atoms with Gasteiger partial charge in [0.05, 0.1) is 5.57 Å². The van der Waals surface area contributed by atoms with Gasteiger partial charge in [-0.15, -0.1) is 0 Å². The van der Waals surface area contributed by atoms with E-state index in [1.165, 1.54) is 6.08 Å². The number of carbonyl (C=O) groups is 1. The van der Waals surface area contributed by atoms with Crippen LogP contribution in [0.25, 0.3) is 0 Å². The molecular weight excluding hydrogens is 208 g/mol. The molecule has 1 aliphatic carbocycles. The van der Waals surface area contributed by atoms with E-state index in [1.54, 1.807) is 6.08 Å². The van der Waals surface area contributed by atoms with E-state index in [9.17, 15) is 13.2 Å². The number of nitrogens with one attached hydrogen (secondary N) is 1. The van der Waals surface area contributed by atoms with Gasteiger partial charge in [0.1, 0.15) is 10.6 Å². The number of amides is 1. The number of sulfonamides is 1. The average molecular weight is 214 g/mol. The largest absolute Gasteiger partial charge is 0.411 e. The first-order chi connectivity index (χ1) is 6.56. The first kappa shape index (κ1) is 8.95. The van der Waals surface area contributed by atoms with Crippen molar-refractivity contribution in [3.63, 3.8) is 0 Å². The quantitative estimate of drug-likeness (QED) is 0.419. The van der Waals surface area contributed by atoms with Crippen LogP contribution in [0, 0.1) is 0 Å². The number of hydrogen-bond acceptors (Lipinski definition) is 5. The van der Waals surface area contributed by atoms with Crippen molar-refractivity contribution >= 4 is 21.6 Å². The van der Waals surface area contributed by atoms with Crippen LogP contribution in [-0.2, 0) is 14.8 Å². The van der Waals surface area contributed by atoms with Crippen LogP contribution in [0.3, 0.4) is 0 Å². The summed E-state index contributed by atoms with van der Waals surface area (Å²) in [5.41, 5.74) is 0.0184. The Hall–Kier alpha value is -1.63. The number of oxime groups is 1. The molecule has 0 aromatic rings. The molecule has 14 heavy (non-hydrogen) atoms. The smallest absolute Gasteiger partial charge is 0.267 e. The van der Waals surface area contributed by atoms with Crippen LogP contribution in [0.5, 0.6) is 0 Å². The molecule has 0 atom stereocenters. The van der Waals surface area contributed by atoms with Crippen molar-refractivity contribution in [2.24, 2.45) is 5.16 Å². The zero-order chi connectivity index (χ0) is 10.3. The lowest BCUT2D eigenvalue weighted by Crippen LogP contribution is -2.24. The second-order valence-electron chi connectivity index (χ2n) is 2.83. The topological polar surface area (TPSA) is 95.8 Å². The second kappa shape index (κ2) is 2.68. The standard InChI is InChI=1S/C7H6N2O4S/c10-7-4-2-1-3-5(8-11)6(4)14(12,13)9-7/h1-2,11H,3H2,(H,9,10). The molecule has 1 heterocycles. The third-order valence-corrected chi connectivity index (χ3v) is 3.41. The van der Waals surface area contributed by atoms with Gasteiger partial charge in [-0.25, -0.2) is 13.1 Å². The Morgan fingerprint density at radius 3 is 2.86 bits per heavy atom. The molecule has 2 aliphatic rings. The van der Waals surface area contributed by atoms with Crippen molar-refractivity contribution in [1.82, 2.24) is 4.72 Å². The molecule has 2 rings (SSSR count). The van der Waals surface area contributed by atoms with Gasteiger partial charge >= 0.3 is 0 Å². The molecule has 0 radical (unpaired) electrons. The molecule has 0 aromatic heterocycles. The normalized spacial score (nSPS) is 26.6. The molecule has 0 spiro atoms. The molecule has 1 amide bonds. The third-order valence-electron chi connectivity index (χ3n) is 1.96. The van der Waals surface area contributed by atoms with Gasteiger partial charge < -0.3 is 5.21 Å². The highest BCUT2D eigenvalue weighted by atomic mass is 32.2. The fourth-order valence-electron chi connectivity index (χ4n) is 1.41. The Balaban J connectivity index is 2.72. The number of nitrogens with zero attached hydrogens (tertiary/aromatic N) is 1. The summed E-state index contributed by atoms with van der Waals surface area (Å²) in [5, 5.41) is 11.4. The number of allylic oxidation sites excluding steroid dienone is 2. The Labute approximate surface area is 79.7 Å². The monoisotopic (exact) mass is 214 g/mol. The maximum atomic E-state index is 11.4. The van der Waals surface area contributed by atoms with Gasteiger partial charge in [-0.3, -0.25) is 4.79 Å². The van der Waals surface area contributed by atoms with Gasteiger partial charge in [-0.2, -0.15) is 0 Å². The lowest BCUT2D eigenvalue weighted by atomic mass is 10.1. The number of hydrogen-bond donors (Lipinski definition) is 2. The highest BCUT2D eigenvalue weighted by Crippen LogP contribution is 2.26. The molecule has 1 aliphatic heterocycles. The predicted molar refractivity (Wildman–Crippen MR) is 47.1 cm³/mol. The molecule has 7 heteroatoms. The Bertz CT molecular complexity index is 498. The zero-order valence-electron chi connectivity index (χ0n) is 6.89. The van der Waals surface area contributed by atoms with Crippen molar-refractivity contribution in [3.8, 4) is 0 Å². The summed E-state index contributed by atoms with van der Waals surface area (Å²) in [6.45, 7) is 0. The lowest BCUT2D eigenvalue weighted by Gasteiger charge is -2.05. The van der Waals surface area contributed by atoms with E-state index in [1.807, 2.05) is 4.72 Å². The van der Waals surface area contributed by atoms with Crippen LogP contribution in [-0.4, -0.2) is 25.2 Å². The fraction of sp³-hybridized carbons (Fsp3) is 0.143. The number of rotatable bonds is 0. The van der Waals surface area contributed by atoms with Gasteiger partial charge in [0.2, 0.25) is 0 Å². The molecule has 0 saturated carbocycles. The van der Waals surface area contributed by atoms with E-state index in [0.717, 1.165) is 0 Å². The van der Waals surface area contributed by atoms with Crippen LogP contribution >= 0.6 is 0 Å². The summed E-state index contributed by atoms with van der Waals surface area (Å²) in [4.78, 5) is 10.9. The molecule has 2 N–H and O–H groups in total. The van der Waals surface area contributed by atoms with Gasteiger partial charge in [0, 0.05) is 6.42 Å². The Morgan fingerprint density at radius 1 is 1.50 bits per heavy atom.